The Morgan fingerprint density at radius 1 is 1.72 bits per heavy atom. The molecule has 98 valence electrons. The van der Waals surface area contributed by atoms with E-state index < -0.39 is 4.92 Å². The van der Waals surface area contributed by atoms with Crippen LogP contribution in [0.4, 0.5) is 5.95 Å². The van der Waals surface area contributed by atoms with Crippen LogP contribution in [0.2, 0.25) is 0 Å². The van der Waals surface area contributed by atoms with Crippen LogP contribution in [0.15, 0.2) is 24.7 Å². The summed E-state index contributed by atoms with van der Waals surface area (Å²) in [4.78, 5) is 13.8. The summed E-state index contributed by atoms with van der Waals surface area (Å²) in [6, 6.07) is 0. The van der Waals surface area contributed by atoms with Crippen molar-refractivity contribution in [3.05, 3.63) is 34.8 Å². The number of ether oxygens (including phenoxy) is 2. The van der Waals surface area contributed by atoms with Crippen molar-refractivity contribution in [3.63, 3.8) is 0 Å². The van der Waals surface area contributed by atoms with E-state index in [1.54, 1.807) is 0 Å². The summed E-state index contributed by atoms with van der Waals surface area (Å²) in [7, 11) is 0. The van der Waals surface area contributed by atoms with E-state index in [1.165, 1.54) is 17.0 Å². The quantitative estimate of drug-likeness (QED) is 0.454. The van der Waals surface area contributed by atoms with Crippen LogP contribution in [-0.4, -0.2) is 27.4 Å². The van der Waals surface area contributed by atoms with Crippen molar-refractivity contribution in [3.8, 4) is 0 Å². The number of aromatic nitrogens is 2. The lowest BCUT2D eigenvalue weighted by atomic mass is 10.2. The van der Waals surface area contributed by atoms with Gasteiger partial charge in [-0.05, 0) is 17.8 Å². The second kappa shape index (κ2) is 5.63. The van der Waals surface area contributed by atoms with Crippen molar-refractivity contribution >= 4 is 5.95 Å². The van der Waals surface area contributed by atoms with E-state index in [4.69, 9.17) is 9.47 Å². The Bertz CT molecular complexity index is 437. The predicted molar refractivity (Wildman–Crippen MR) is 62.7 cm³/mol. The molecule has 1 aliphatic rings. The van der Waals surface area contributed by atoms with Crippen molar-refractivity contribution in [2.45, 2.75) is 32.1 Å². The fourth-order valence-corrected chi connectivity index (χ4v) is 1.81. The third kappa shape index (κ3) is 3.07. The van der Waals surface area contributed by atoms with Crippen LogP contribution in [0.3, 0.4) is 0 Å². The fourth-order valence-electron chi connectivity index (χ4n) is 1.81. The third-order valence-electron chi connectivity index (χ3n) is 2.64. The third-order valence-corrected chi connectivity index (χ3v) is 2.64. The van der Waals surface area contributed by atoms with Gasteiger partial charge in [0.05, 0.1) is 6.61 Å². The van der Waals surface area contributed by atoms with E-state index in [1.807, 2.05) is 0 Å². The Hall–Kier alpha value is -1.89. The van der Waals surface area contributed by atoms with E-state index in [9.17, 15) is 10.1 Å². The number of hydrogen-bond acceptors (Lipinski definition) is 5. The Morgan fingerprint density at radius 3 is 3.22 bits per heavy atom. The number of nitro groups is 1. The molecule has 1 saturated heterocycles. The molecule has 2 rings (SSSR count). The van der Waals surface area contributed by atoms with E-state index >= 15 is 0 Å². The lowest BCUT2D eigenvalue weighted by molar-refractivity contribution is -0.396. The molecule has 1 aromatic heterocycles. The lowest BCUT2D eigenvalue weighted by Crippen LogP contribution is -2.22. The van der Waals surface area contributed by atoms with Crippen LogP contribution >= 0.6 is 0 Å². The van der Waals surface area contributed by atoms with Crippen LogP contribution in [0, 0.1) is 10.1 Å². The van der Waals surface area contributed by atoms with Gasteiger partial charge < -0.3 is 19.6 Å². The van der Waals surface area contributed by atoms with Gasteiger partial charge in [0.25, 0.3) is 0 Å². The fraction of sp³-hybridized carbons (Fsp3) is 0.545. The zero-order valence-electron chi connectivity index (χ0n) is 9.95. The molecule has 0 radical (unpaired) electrons. The van der Waals surface area contributed by atoms with Gasteiger partial charge in [0.1, 0.15) is 24.7 Å². The Morgan fingerprint density at radius 2 is 2.56 bits per heavy atom. The molecule has 0 amide bonds. The molecule has 1 unspecified atom stereocenters. The maximum atomic E-state index is 10.7. The minimum absolute atomic E-state index is 0.205. The largest absolute Gasteiger partial charge is 0.467 e. The predicted octanol–water partition coefficient (Wildman–Crippen LogP) is 1.85. The summed E-state index contributed by atoms with van der Waals surface area (Å²) in [6.45, 7) is 4.64. The summed E-state index contributed by atoms with van der Waals surface area (Å²) >= 11 is 0. The highest BCUT2D eigenvalue weighted by atomic mass is 16.7. The first-order valence-electron chi connectivity index (χ1n) is 5.78. The second-order valence-electron chi connectivity index (χ2n) is 4.06. The number of hydrogen-bond donors (Lipinski definition) is 0. The van der Waals surface area contributed by atoms with Crippen molar-refractivity contribution in [2.75, 3.05) is 6.61 Å². The monoisotopic (exact) mass is 253 g/mol. The molecule has 1 fully saturated rings. The molecule has 0 aliphatic carbocycles. The molecule has 1 aliphatic heterocycles. The molecule has 7 heteroatoms. The Kier molecular flexibility index (Phi) is 3.93. The van der Waals surface area contributed by atoms with E-state index in [0.29, 0.717) is 12.4 Å². The van der Waals surface area contributed by atoms with Gasteiger partial charge in [-0.15, -0.1) is 0 Å². The second-order valence-corrected chi connectivity index (χ2v) is 4.06. The van der Waals surface area contributed by atoms with Crippen molar-refractivity contribution in [2.24, 2.45) is 0 Å². The van der Waals surface area contributed by atoms with Crippen LogP contribution in [0.1, 0.15) is 19.3 Å². The molecule has 1 atom stereocenters. The Labute approximate surface area is 104 Å². The summed E-state index contributed by atoms with van der Waals surface area (Å²) < 4.78 is 12.3. The van der Waals surface area contributed by atoms with Gasteiger partial charge >= 0.3 is 5.95 Å². The Balaban J connectivity index is 1.90. The topological polar surface area (TPSA) is 79.4 Å². The first-order chi connectivity index (χ1) is 8.66. The molecular weight excluding hydrogens is 238 g/mol. The zero-order chi connectivity index (χ0) is 13.0. The average molecular weight is 253 g/mol. The molecule has 7 nitrogen and oxygen atoms in total. The molecule has 0 N–H and O–H groups in total. The highest BCUT2D eigenvalue weighted by Gasteiger charge is 2.19. The normalized spacial score (nSPS) is 19.4. The molecule has 0 spiro atoms. The van der Waals surface area contributed by atoms with Crippen molar-refractivity contribution < 1.29 is 14.4 Å². The smallest absolute Gasteiger partial charge is 0.434 e. The van der Waals surface area contributed by atoms with E-state index in [0.717, 1.165) is 19.3 Å². The lowest BCUT2D eigenvalue weighted by Gasteiger charge is -2.24. The van der Waals surface area contributed by atoms with Gasteiger partial charge in [-0.3, -0.25) is 0 Å². The molecule has 0 aromatic carbocycles. The molecule has 2 heterocycles. The summed E-state index contributed by atoms with van der Waals surface area (Å²) in [6.07, 6.45) is 5.54. The maximum absolute atomic E-state index is 10.7. The molecular formula is C11H15N3O4. The number of allylic oxidation sites excluding steroid dienone is 1. The SMILES string of the molecule is C=C(Cn1ccnc1[N+](=O)[O-])OC1CCCCO1. The summed E-state index contributed by atoms with van der Waals surface area (Å²) in [5, 5.41) is 10.7. The van der Waals surface area contributed by atoms with Gasteiger partial charge in [-0.2, -0.15) is 0 Å². The van der Waals surface area contributed by atoms with Gasteiger partial charge in [-0.1, -0.05) is 11.6 Å². The average Bonchev–Trinajstić information content (AvgIpc) is 2.78. The van der Waals surface area contributed by atoms with Gasteiger partial charge in [0, 0.05) is 6.42 Å². The summed E-state index contributed by atoms with van der Waals surface area (Å²) in [5.41, 5.74) is 0. The highest BCUT2D eigenvalue weighted by Crippen LogP contribution is 2.18. The van der Waals surface area contributed by atoms with Crippen molar-refractivity contribution in [1.82, 2.24) is 9.55 Å². The van der Waals surface area contributed by atoms with Gasteiger partial charge in [-0.25, -0.2) is 4.57 Å². The van der Waals surface area contributed by atoms with Crippen LogP contribution in [0.25, 0.3) is 0 Å². The van der Waals surface area contributed by atoms with E-state index in [2.05, 4.69) is 11.6 Å². The highest BCUT2D eigenvalue weighted by molar-refractivity contribution is 5.08. The first-order valence-corrected chi connectivity index (χ1v) is 5.78. The molecule has 18 heavy (non-hydrogen) atoms. The number of imidazole rings is 1. The minimum atomic E-state index is -0.537. The van der Waals surface area contributed by atoms with Gasteiger partial charge in [0.2, 0.25) is 0 Å². The minimum Gasteiger partial charge on any atom is -0.467 e. The summed E-state index contributed by atoms with van der Waals surface area (Å²) in [5.74, 6) is 0.215. The van der Waals surface area contributed by atoms with Crippen LogP contribution < -0.4 is 0 Å². The maximum Gasteiger partial charge on any atom is 0.434 e. The number of rotatable bonds is 5. The zero-order valence-corrected chi connectivity index (χ0v) is 9.95. The van der Waals surface area contributed by atoms with Gasteiger partial charge in [0.15, 0.2) is 6.29 Å². The van der Waals surface area contributed by atoms with Crippen LogP contribution in [0.5, 0.6) is 0 Å². The number of nitrogens with zero attached hydrogens (tertiary/aromatic N) is 3. The first kappa shape index (κ1) is 12.6. The molecule has 1 aromatic rings. The molecule has 0 bridgehead atoms. The van der Waals surface area contributed by atoms with E-state index in [-0.39, 0.29) is 18.8 Å². The molecule has 0 saturated carbocycles. The standard InChI is InChI=1S/C11H15N3O4/c1-9(18-10-4-2-3-7-17-10)8-13-6-5-12-11(13)14(15)16/h5-6,10H,1-4,7-8H2. The van der Waals surface area contributed by atoms with Crippen LogP contribution in [-0.2, 0) is 16.0 Å². The van der Waals surface area contributed by atoms with Crippen molar-refractivity contribution in [1.29, 1.82) is 0 Å².